The van der Waals surface area contributed by atoms with Crippen LogP contribution < -0.4 is 5.73 Å². The number of hydrogen-bond donors (Lipinski definition) is 1. The van der Waals surface area contributed by atoms with Crippen LogP contribution in [0.2, 0.25) is 5.02 Å². The number of piperidine rings is 1. The molecule has 2 rings (SSSR count). The molecule has 1 saturated heterocycles. The minimum atomic E-state index is 0.00648. The van der Waals surface area contributed by atoms with E-state index in [1.165, 1.54) is 0 Å². The summed E-state index contributed by atoms with van der Waals surface area (Å²) in [6, 6.07) is 5.69. The number of amides is 1. The van der Waals surface area contributed by atoms with Gasteiger partial charge in [0.15, 0.2) is 0 Å². The van der Waals surface area contributed by atoms with Gasteiger partial charge in [-0.05, 0) is 43.4 Å². The fraction of sp³-hybridized carbons (Fsp3) is 0.533. The second kappa shape index (κ2) is 5.93. The van der Waals surface area contributed by atoms with Gasteiger partial charge in [-0.1, -0.05) is 24.6 Å². The normalized spacial score (nSPS) is 23.5. The Morgan fingerprint density at radius 2 is 2.26 bits per heavy atom. The summed E-state index contributed by atoms with van der Waals surface area (Å²) >= 11 is 6.19. The molecule has 1 heterocycles. The largest absolute Gasteiger partial charge is 0.334 e. The van der Waals surface area contributed by atoms with E-state index < -0.39 is 0 Å². The summed E-state index contributed by atoms with van der Waals surface area (Å²) in [4.78, 5) is 14.5. The molecule has 0 aromatic heterocycles. The van der Waals surface area contributed by atoms with Gasteiger partial charge < -0.3 is 10.6 Å². The van der Waals surface area contributed by atoms with Crippen molar-refractivity contribution in [3.05, 3.63) is 34.3 Å². The molecule has 0 spiro atoms. The quantitative estimate of drug-likeness (QED) is 0.905. The average molecular weight is 281 g/mol. The lowest BCUT2D eigenvalue weighted by Crippen LogP contribution is -2.51. The number of nitrogens with two attached hydrogens (primary N) is 1. The zero-order valence-corrected chi connectivity index (χ0v) is 12.3. The summed E-state index contributed by atoms with van der Waals surface area (Å²) in [5.41, 5.74) is 7.48. The molecule has 3 nitrogen and oxygen atoms in total. The number of nitrogens with zero attached hydrogens (tertiary/aromatic N) is 1. The number of rotatable bonds is 2. The molecule has 1 aromatic rings. The molecule has 19 heavy (non-hydrogen) atoms. The van der Waals surface area contributed by atoms with Crippen molar-refractivity contribution in [3.8, 4) is 0 Å². The fourth-order valence-electron chi connectivity index (χ4n) is 2.81. The molecule has 2 N–H and O–H groups in total. The van der Waals surface area contributed by atoms with Crippen molar-refractivity contribution in [1.29, 1.82) is 0 Å². The van der Waals surface area contributed by atoms with E-state index in [0.29, 0.717) is 23.0 Å². The van der Waals surface area contributed by atoms with E-state index in [2.05, 4.69) is 6.92 Å². The highest BCUT2D eigenvalue weighted by Gasteiger charge is 2.31. The monoisotopic (exact) mass is 280 g/mol. The van der Waals surface area contributed by atoms with Gasteiger partial charge >= 0.3 is 0 Å². The van der Waals surface area contributed by atoms with E-state index in [1.807, 2.05) is 30.0 Å². The molecule has 104 valence electrons. The minimum Gasteiger partial charge on any atom is -0.334 e. The van der Waals surface area contributed by atoms with Crippen LogP contribution >= 0.6 is 11.6 Å². The van der Waals surface area contributed by atoms with E-state index in [4.69, 9.17) is 17.3 Å². The Morgan fingerprint density at radius 3 is 2.89 bits per heavy atom. The Morgan fingerprint density at radius 1 is 1.53 bits per heavy atom. The van der Waals surface area contributed by atoms with Crippen LogP contribution in [-0.2, 0) is 0 Å². The molecule has 2 atom stereocenters. The molecule has 4 heteroatoms. The number of likely N-dealkylation sites (tertiary alicyclic amines) is 1. The second-order valence-corrected chi connectivity index (χ2v) is 5.81. The third-order valence-corrected chi connectivity index (χ3v) is 4.29. The lowest BCUT2D eigenvalue weighted by atomic mass is 9.90. The van der Waals surface area contributed by atoms with E-state index in [9.17, 15) is 4.79 Å². The van der Waals surface area contributed by atoms with Gasteiger partial charge in [0.2, 0.25) is 0 Å². The van der Waals surface area contributed by atoms with Crippen molar-refractivity contribution in [2.45, 2.75) is 32.7 Å². The summed E-state index contributed by atoms with van der Waals surface area (Å²) < 4.78 is 0. The van der Waals surface area contributed by atoms with Crippen LogP contribution in [0.15, 0.2) is 18.2 Å². The molecule has 1 aliphatic heterocycles. The summed E-state index contributed by atoms with van der Waals surface area (Å²) in [7, 11) is 0. The molecule has 0 saturated carbocycles. The maximum absolute atomic E-state index is 12.6. The van der Waals surface area contributed by atoms with E-state index >= 15 is 0 Å². The topological polar surface area (TPSA) is 46.3 Å². The van der Waals surface area contributed by atoms with Crippen LogP contribution in [0.4, 0.5) is 0 Å². The number of carbonyl (C=O) groups excluding carboxylic acids is 1. The lowest BCUT2D eigenvalue weighted by Gasteiger charge is -2.39. The first-order chi connectivity index (χ1) is 9.04. The van der Waals surface area contributed by atoms with Crippen LogP contribution in [0, 0.1) is 12.8 Å². The van der Waals surface area contributed by atoms with Crippen molar-refractivity contribution in [3.63, 3.8) is 0 Å². The average Bonchev–Trinajstić information content (AvgIpc) is 2.37. The van der Waals surface area contributed by atoms with Gasteiger partial charge in [-0.15, -0.1) is 0 Å². The predicted octanol–water partition coefficient (Wildman–Crippen LogP) is 2.85. The molecule has 2 unspecified atom stereocenters. The Balaban J connectivity index is 2.27. The number of aryl methyl sites for hydroxylation is 1. The third-order valence-electron chi connectivity index (χ3n) is 3.97. The van der Waals surface area contributed by atoms with Crippen molar-refractivity contribution in [2.75, 3.05) is 13.1 Å². The molecule has 0 aliphatic carbocycles. The van der Waals surface area contributed by atoms with Crippen LogP contribution in [0.5, 0.6) is 0 Å². The van der Waals surface area contributed by atoms with E-state index in [0.717, 1.165) is 24.9 Å². The minimum absolute atomic E-state index is 0.00648. The third kappa shape index (κ3) is 2.93. The molecule has 1 amide bonds. The first kappa shape index (κ1) is 14.4. The standard InChI is InChI=1S/C15H21ClN2O/c1-10-5-6-12(13(16)8-10)15(19)18-7-3-4-11(2)14(18)9-17/h5-6,8,11,14H,3-4,7,9,17H2,1-2H3. The summed E-state index contributed by atoms with van der Waals surface area (Å²) in [5, 5.41) is 0.527. The highest BCUT2D eigenvalue weighted by atomic mass is 35.5. The van der Waals surface area contributed by atoms with E-state index in [1.54, 1.807) is 0 Å². The molecular weight excluding hydrogens is 260 g/mol. The number of hydrogen-bond acceptors (Lipinski definition) is 2. The molecule has 1 aromatic carbocycles. The van der Waals surface area contributed by atoms with Gasteiger partial charge in [-0.2, -0.15) is 0 Å². The number of carbonyl (C=O) groups is 1. The molecular formula is C15H21ClN2O. The first-order valence-corrected chi connectivity index (χ1v) is 7.19. The Bertz CT molecular complexity index is 475. The second-order valence-electron chi connectivity index (χ2n) is 5.40. The molecule has 1 aliphatic rings. The number of benzene rings is 1. The van der Waals surface area contributed by atoms with Gasteiger partial charge in [-0.3, -0.25) is 4.79 Å². The van der Waals surface area contributed by atoms with Crippen molar-refractivity contribution in [1.82, 2.24) is 4.90 Å². The maximum Gasteiger partial charge on any atom is 0.255 e. The van der Waals surface area contributed by atoms with Crippen LogP contribution in [0.3, 0.4) is 0 Å². The van der Waals surface area contributed by atoms with Crippen LogP contribution in [0.1, 0.15) is 35.7 Å². The Hall–Kier alpha value is -1.06. The fourth-order valence-corrected chi connectivity index (χ4v) is 3.12. The summed E-state index contributed by atoms with van der Waals surface area (Å²) in [6.07, 6.45) is 2.17. The van der Waals surface area contributed by atoms with Crippen molar-refractivity contribution >= 4 is 17.5 Å². The highest BCUT2D eigenvalue weighted by Crippen LogP contribution is 2.26. The maximum atomic E-state index is 12.6. The Labute approximate surface area is 119 Å². The van der Waals surface area contributed by atoms with Crippen LogP contribution in [0.25, 0.3) is 0 Å². The SMILES string of the molecule is Cc1ccc(C(=O)N2CCCC(C)C2CN)c(Cl)c1. The van der Waals surface area contributed by atoms with Gasteiger partial charge in [-0.25, -0.2) is 0 Å². The summed E-state index contributed by atoms with van der Waals surface area (Å²) in [5.74, 6) is 0.457. The van der Waals surface area contributed by atoms with Crippen molar-refractivity contribution in [2.24, 2.45) is 11.7 Å². The summed E-state index contributed by atoms with van der Waals surface area (Å²) in [6.45, 7) is 5.41. The molecule has 0 bridgehead atoms. The van der Waals surface area contributed by atoms with Crippen LogP contribution in [-0.4, -0.2) is 29.9 Å². The molecule has 0 radical (unpaired) electrons. The van der Waals surface area contributed by atoms with E-state index in [-0.39, 0.29) is 11.9 Å². The zero-order valence-electron chi connectivity index (χ0n) is 11.5. The molecule has 1 fully saturated rings. The smallest absolute Gasteiger partial charge is 0.255 e. The highest BCUT2D eigenvalue weighted by molar-refractivity contribution is 6.33. The first-order valence-electron chi connectivity index (χ1n) is 6.81. The van der Waals surface area contributed by atoms with Gasteiger partial charge in [0, 0.05) is 19.1 Å². The van der Waals surface area contributed by atoms with Crippen molar-refractivity contribution < 1.29 is 4.79 Å². The van der Waals surface area contributed by atoms with Gasteiger partial charge in [0.1, 0.15) is 0 Å². The lowest BCUT2D eigenvalue weighted by molar-refractivity contribution is 0.0533. The Kier molecular flexibility index (Phi) is 4.48. The zero-order chi connectivity index (χ0) is 14.0. The van der Waals surface area contributed by atoms with Gasteiger partial charge in [0.05, 0.1) is 10.6 Å². The number of halogens is 1. The predicted molar refractivity (Wildman–Crippen MR) is 78.5 cm³/mol. The van der Waals surface area contributed by atoms with Gasteiger partial charge in [0.25, 0.3) is 5.91 Å².